The predicted octanol–water partition coefficient (Wildman–Crippen LogP) is 1.58. The summed E-state index contributed by atoms with van der Waals surface area (Å²) in [6.45, 7) is 6.84. The zero-order valence-corrected chi connectivity index (χ0v) is 10.2. The van der Waals surface area contributed by atoms with Gasteiger partial charge in [-0.2, -0.15) is 0 Å². The van der Waals surface area contributed by atoms with E-state index in [0.717, 1.165) is 12.8 Å². The second-order valence-corrected chi connectivity index (χ2v) is 3.90. The minimum absolute atomic E-state index is 0.217. The summed E-state index contributed by atoms with van der Waals surface area (Å²) >= 11 is 0. The molecule has 1 fully saturated rings. The Bertz CT molecular complexity index is 290. The summed E-state index contributed by atoms with van der Waals surface area (Å²) in [5.41, 5.74) is 0. The molecule has 0 aromatic rings. The van der Waals surface area contributed by atoms with Crippen molar-refractivity contribution in [1.29, 1.82) is 0 Å². The lowest BCUT2D eigenvalue weighted by Crippen LogP contribution is -2.43. The SMILES string of the molecule is C=CCOC(=O)C1CCCN(C(=O)OCC)C1. The molecule has 0 radical (unpaired) electrons. The van der Waals surface area contributed by atoms with Crippen LogP contribution >= 0.6 is 0 Å². The van der Waals surface area contributed by atoms with Gasteiger partial charge in [0.05, 0.1) is 12.5 Å². The van der Waals surface area contributed by atoms with E-state index in [4.69, 9.17) is 9.47 Å². The van der Waals surface area contributed by atoms with Crippen molar-refractivity contribution in [3.8, 4) is 0 Å². The number of carbonyl (C=O) groups is 2. The quantitative estimate of drug-likeness (QED) is 0.554. The molecule has 0 N–H and O–H groups in total. The first-order valence-electron chi connectivity index (χ1n) is 5.88. The van der Waals surface area contributed by atoms with E-state index in [9.17, 15) is 9.59 Å². The minimum Gasteiger partial charge on any atom is -0.461 e. The lowest BCUT2D eigenvalue weighted by molar-refractivity contribution is -0.148. The van der Waals surface area contributed by atoms with E-state index < -0.39 is 0 Å². The minimum atomic E-state index is -0.353. The molecule has 1 amide bonds. The molecule has 1 unspecified atom stereocenters. The molecule has 0 bridgehead atoms. The van der Waals surface area contributed by atoms with E-state index >= 15 is 0 Å². The molecular formula is C12H19NO4. The number of hydrogen-bond donors (Lipinski definition) is 0. The third-order valence-electron chi connectivity index (χ3n) is 2.62. The molecule has 96 valence electrons. The van der Waals surface area contributed by atoms with Crippen molar-refractivity contribution in [3.05, 3.63) is 12.7 Å². The highest BCUT2D eigenvalue weighted by Gasteiger charge is 2.29. The van der Waals surface area contributed by atoms with E-state index in [1.165, 1.54) is 6.08 Å². The Morgan fingerprint density at radius 2 is 2.24 bits per heavy atom. The van der Waals surface area contributed by atoms with Gasteiger partial charge in [-0.15, -0.1) is 0 Å². The lowest BCUT2D eigenvalue weighted by atomic mass is 9.99. The highest BCUT2D eigenvalue weighted by molar-refractivity contribution is 5.74. The Morgan fingerprint density at radius 1 is 1.47 bits per heavy atom. The Morgan fingerprint density at radius 3 is 2.88 bits per heavy atom. The molecule has 1 atom stereocenters. The fourth-order valence-corrected chi connectivity index (χ4v) is 1.81. The molecule has 1 aliphatic heterocycles. The van der Waals surface area contributed by atoms with E-state index in [1.807, 2.05) is 0 Å². The maximum atomic E-state index is 11.6. The molecule has 1 heterocycles. The molecule has 5 heteroatoms. The van der Waals surface area contributed by atoms with Gasteiger partial charge in [0.1, 0.15) is 6.61 Å². The second-order valence-electron chi connectivity index (χ2n) is 3.90. The number of ether oxygens (including phenoxy) is 2. The largest absolute Gasteiger partial charge is 0.461 e. The Labute approximate surface area is 101 Å². The van der Waals surface area contributed by atoms with Crippen LogP contribution in [0.2, 0.25) is 0 Å². The molecule has 17 heavy (non-hydrogen) atoms. The van der Waals surface area contributed by atoms with E-state index in [0.29, 0.717) is 19.7 Å². The van der Waals surface area contributed by atoms with Crippen LogP contribution in [0.15, 0.2) is 12.7 Å². The van der Waals surface area contributed by atoms with Gasteiger partial charge in [-0.1, -0.05) is 12.7 Å². The van der Waals surface area contributed by atoms with Crippen molar-refractivity contribution in [1.82, 2.24) is 4.90 Å². The average molecular weight is 241 g/mol. The Kier molecular flexibility index (Phi) is 5.52. The van der Waals surface area contributed by atoms with Crippen LogP contribution in [-0.2, 0) is 14.3 Å². The average Bonchev–Trinajstić information content (AvgIpc) is 2.36. The Balaban J connectivity index is 2.45. The topological polar surface area (TPSA) is 55.8 Å². The van der Waals surface area contributed by atoms with Crippen LogP contribution in [0.4, 0.5) is 4.79 Å². The van der Waals surface area contributed by atoms with Crippen LogP contribution in [0.3, 0.4) is 0 Å². The van der Waals surface area contributed by atoms with Crippen molar-refractivity contribution in [2.24, 2.45) is 5.92 Å². The number of rotatable bonds is 4. The fraction of sp³-hybridized carbons (Fsp3) is 0.667. The number of piperidine rings is 1. The van der Waals surface area contributed by atoms with Crippen molar-refractivity contribution < 1.29 is 19.1 Å². The maximum Gasteiger partial charge on any atom is 0.409 e. The monoisotopic (exact) mass is 241 g/mol. The molecule has 1 saturated heterocycles. The van der Waals surface area contributed by atoms with E-state index in [1.54, 1.807) is 11.8 Å². The second kappa shape index (κ2) is 6.93. The summed E-state index contributed by atoms with van der Waals surface area (Å²) in [6, 6.07) is 0. The molecule has 5 nitrogen and oxygen atoms in total. The van der Waals surface area contributed by atoms with Crippen molar-refractivity contribution in [3.63, 3.8) is 0 Å². The van der Waals surface area contributed by atoms with Crippen LogP contribution in [0.1, 0.15) is 19.8 Å². The van der Waals surface area contributed by atoms with Crippen LogP contribution in [0, 0.1) is 5.92 Å². The molecule has 0 aromatic carbocycles. The molecule has 0 aliphatic carbocycles. The molecule has 0 aromatic heterocycles. The van der Waals surface area contributed by atoms with Crippen molar-refractivity contribution in [2.75, 3.05) is 26.3 Å². The smallest absolute Gasteiger partial charge is 0.409 e. The third-order valence-corrected chi connectivity index (χ3v) is 2.62. The number of nitrogens with zero attached hydrogens (tertiary/aromatic N) is 1. The van der Waals surface area contributed by atoms with E-state index in [-0.39, 0.29) is 24.6 Å². The van der Waals surface area contributed by atoms with Gasteiger partial charge in [0.25, 0.3) is 0 Å². The molecule has 0 spiro atoms. The van der Waals surface area contributed by atoms with Gasteiger partial charge in [-0.05, 0) is 19.8 Å². The standard InChI is InChI=1S/C12H19NO4/c1-3-8-17-11(14)10-6-5-7-13(9-10)12(15)16-4-2/h3,10H,1,4-9H2,2H3. The third kappa shape index (κ3) is 4.09. The first-order chi connectivity index (χ1) is 8.19. The maximum absolute atomic E-state index is 11.6. The van der Waals surface area contributed by atoms with Gasteiger partial charge in [0.15, 0.2) is 0 Å². The highest BCUT2D eigenvalue weighted by atomic mass is 16.6. The normalized spacial score (nSPS) is 19.6. The summed E-state index contributed by atoms with van der Waals surface area (Å²) in [5.74, 6) is -0.507. The Hall–Kier alpha value is -1.52. The van der Waals surface area contributed by atoms with Crippen molar-refractivity contribution in [2.45, 2.75) is 19.8 Å². The van der Waals surface area contributed by atoms with Crippen molar-refractivity contribution >= 4 is 12.1 Å². The summed E-state index contributed by atoms with van der Waals surface area (Å²) < 4.78 is 9.89. The summed E-state index contributed by atoms with van der Waals surface area (Å²) in [7, 11) is 0. The molecule has 1 rings (SSSR count). The molecule has 0 saturated carbocycles. The summed E-state index contributed by atoms with van der Waals surface area (Å²) in [4.78, 5) is 24.7. The molecule has 1 aliphatic rings. The number of hydrogen-bond acceptors (Lipinski definition) is 4. The number of likely N-dealkylation sites (tertiary alicyclic amines) is 1. The molecular weight excluding hydrogens is 222 g/mol. The summed E-state index contributed by atoms with van der Waals surface area (Å²) in [6.07, 6.45) is 2.73. The van der Waals surface area contributed by atoms with Gasteiger partial charge >= 0.3 is 12.1 Å². The number of amides is 1. The number of carbonyl (C=O) groups excluding carboxylic acids is 2. The zero-order chi connectivity index (χ0) is 12.7. The summed E-state index contributed by atoms with van der Waals surface area (Å²) in [5, 5.41) is 0. The van der Waals surface area contributed by atoms with Gasteiger partial charge in [-0.3, -0.25) is 4.79 Å². The highest BCUT2D eigenvalue weighted by Crippen LogP contribution is 2.18. The van der Waals surface area contributed by atoms with E-state index in [2.05, 4.69) is 6.58 Å². The fourth-order valence-electron chi connectivity index (χ4n) is 1.81. The number of esters is 1. The van der Waals surface area contributed by atoms with Crippen LogP contribution in [0.25, 0.3) is 0 Å². The van der Waals surface area contributed by atoms with Gasteiger partial charge in [0.2, 0.25) is 0 Å². The first kappa shape index (κ1) is 13.5. The van der Waals surface area contributed by atoms with Gasteiger partial charge in [-0.25, -0.2) is 4.79 Å². The van der Waals surface area contributed by atoms with Gasteiger partial charge in [0, 0.05) is 13.1 Å². The lowest BCUT2D eigenvalue weighted by Gasteiger charge is -2.30. The van der Waals surface area contributed by atoms with Crippen LogP contribution < -0.4 is 0 Å². The zero-order valence-electron chi connectivity index (χ0n) is 10.2. The van der Waals surface area contributed by atoms with Gasteiger partial charge < -0.3 is 14.4 Å². The van der Waals surface area contributed by atoms with Crippen LogP contribution in [0.5, 0.6) is 0 Å². The first-order valence-corrected chi connectivity index (χ1v) is 5.88. The predicted molar refractivity (Wildman–Crippen MR) is 62.5 cm³/mol. The van der Waals surface area contributed by atoms with Crippen LogP contribution in [-0.4, -0.2) is 43.3 Å².